The van der Waals surface area contributed by atoms with Gasteiger partial charge in [-0.25, -0.2) is 0 Å². The molecule has 1 saturated heterocycles. The third kappa shape index (κ3) is 5.02. The van der Waals surface area contributed by atoms with Gasteiger partial charge in [-0.1, -0.05) is 0 Å². The van der Waals surface area contributed by atoms with Gasteiger partial charge in [0, 0.05) is 18.8 Å². The Balaban J connectivity index is 1.81. The molecule has 1 fully saturated rings. The van der Waals surface area contributed by atoms with Crippen molar-refractivity contribution in [3.63, 3.8) is 0 Å². The van der Waals surface area contributed by atoms with E-state index in [0.29, 0.717) is 19.1 Å². The van der Waals surface area contributed by atoms with Gasteiger partial charge in [0.05, 0.1) is 13.2 Å². The third-order valence-electron chi connectivity index (χ3n) is 3.68. The standard InChI is InChI=1S/C16H24N2O3/c1-2-21-15-7-5-14(6-8-15)17-16(20)11-18-9-3-4-13(10-18)12-19/h5-8,13,19H,2-4,9-12H2,1H3,(H,17,20). The molecule has 5 nitrogen and oxygen atoms in total. The SMILES string of the molecule is CCOc1ccc(NC(=O)CN2CCCC(CO)C2)cc1. The molecular weight excluding hydrogens is 268 g/mol. The highest BCUT2D eigenvalue weighted by atomic mass is 16.5. The number of anilines is 1. The molecule has 0 saturated carbocycles. The van der Waals surface area contributed by atoms with Gasteiger partial charge in [0.1, 0.15) is 5.75 Å². The maximum Gasteiger partial charge on any atom is 0.238 e. The first kappa shape index (κ1) is 15.8. The van der Waals surface area contributed by atoms with Crippen molar-refractivity contribution in [1.82, 2.24) is 4.90 Å². The van der Waals surface area contributed by atoms with Gasteiger partial charge in [0.25, 0.3) is 0 Å². The van der Waals surface area contributed by atoms with Crippen LogP contribution in [0.5, 0.6) is 5.75 Å². The first-order valence-electron chi connectivity index (χ1n) is 7.57. The smallest absolute Gasteiger partial charge is 0.238 e. The molecule has 0 bridgehead atoms. The third-order valence-corrected chi connectivity index (χ3v) is 3.68. The van der Waals surface area contributed by atoms with Crippen LogP contribution in [-0.2, 0) is 4.79 Å². The average molecular weight is 292 g/mol. The molecule has 21 heavy (non-hydrogen) atoms. The molecule has 1 heterocycles. The predicted molar refractivity (Wildman–Crippen MR) is 82.5 cm³/mol. The minimum absolute atomic E-state index is 0.0160. The Morgan fingerprint density at radius 3 is 2.86 bits per heavy atom. The quantitative estimate of drug-likeness (QED) is 0.838. The summed E-state index contributed by atoms with van der Waals surface area (Å²) >= 11 is 0. The number of hydrogen-bond acceptors (Lipinski definition) is 4. The van der Waals surface area contributed by atoms with Crippen molar-refractivity contribution >= 4 is 11.6 Å². The molecule has 2 N–H and O–H groups in total. The topological polar surface area (TPSA) is 61.8 Å². The molecule has 1 aromatic carbocycles. The van der Waals surface area contributed by atoms with E-state index < -0.39 is 0 Å². The van der Waals surface area contributed by atoms with Crippen LogP contribution in [0, 0.1) is 5.92 Å². The van der Waals surface area contributed by atoms with E-state index in [4.69, 9.17) is 4.74 Å². The van der Waals surface area contributed by atoms with Crippen LogP contribution in [0.15, 0.2) is 24.3 Å². The van der Waals surface area contributed by atoms with E-state index in [1.54, 1.807) is 0 Å². The van der Waals surface area contributed by atoms with Crippen molar-refractivity contribution in [2.24, 2.45) is 5.92 Å². The summed E-state index contributed by atoms with van der Waals surface area (Å²) in [5, 5.41) is 12.1. The second-order valence-corrected chi connectivity index (χ2v) is 5.43. The van der Waals surface area contributed by atoms with Crippen LogP contribution in [0.25, 0.3) is 0 Å². The van der Waals surface area contributed by atoms with Crippen LogP contribution < -0.4 is 10.1 Å². The number of carbonyl (C=O) groups is 1. The van der Waals surface area contributed by atoms with Crippen molar-refractivity contribution in [2.75, 3.05) is 38.2 Å². The Morgan fingerprint density at radius 1 is 1.43 bits per heavy atom. The summed E-state index contributed by atoms with van der Waals surface area (Å²) in [4.78, 5) is 14.1. The van der Waals surface area contributed by atoms with Gasteiger partial charge in [-0.2, -0.15) is 0 Å². The monoisotopic (exact) mass is 292 g/mol. The van der Waals surface area contributed by atoms with Gasteiger partial charge >= 0.3 is 0 Å². The maximum absolute atomic E-state index is 12.0. The van der Waals surface area contributed by atoms with E-state index in [1.807, 2.05) is 31.2 Å². The van der Waals surface area contributed by atoms with Crippen molar-refractivity contribution in [2.45, 2.75) is 19.8 Å². The van der Waals surface area contributed by atoms with E-state index >= 15 is 0 Å². The molecule has 1 unspecified atom stereocenters. The molecule has 1 aromatic rings. The van der Waals surface area contributed by atoms with Crippen LogP contribution in [0.2, 0.25) is 0 Å². The number of hydrogen-bond donors (Lipinski definition) is 2. The molecule has 0 aliphatic carbocycles. The number of benzene rings is 1. The first-order valence-corrected chi connectivity index (χ1v) is 7.57. The second kappa shape index (κ2) is 8.00. The van der Waals surface area contributed by atoms with Crippen LogP contribution in [0.4, 0.5) is 5.69 Å². The van der Waals surface area contributed by atoms with Crippen LogP contribution >= 0.6 is 0 Å². The zero-order valence-corrected chi connectivity index (χ0v) is 12.5. The van der Waals surface area contributed by atoms with Crippen LogP contribution in [-0.4, -0.2) is 48.8 Å². The summed E-state index contributed by atoms with van der Waals surface area (Å²) in [6.45, 7) is 4.88. The minimum atomic E-state index is -0.0160. The summed E-state index contributed by atoms with van der Waals surface area (Å²) < 4.78 is 5.37. The summed E-state index contributed by atoms with van der Waals surface area (Å²) in [7, 11) is 0. The van der Waals surface area contributed by atoms with E-state index in [9.17, 15) is 9.90 Å². The number of amides is 1. The highest BCUT2D eigenvalue weighted by Crippen LogP contribution is 2.17. The van der Waals surface area contributed by atoms with Crippen LogP contribution in [0.3, 0.4) is 0 Å². The molecule has 0 aromatic heterocycles. The second-order valence-electron chi connectivity index (χ2n) is 5.43. The number of carbonyl (C=O) groups excluding carboxylic acids is 1. The number of ether oxygens (including phenoxy) is 1. The largest absolute Gasteiger partial charge is 0.494 e. The number of piperidine rings is 1. The summed E-state index contributed by atoms with van der Waals surface area (Å²) in [5.74, 6) is 1.09. The van der Waals surface area contributed by atoms with Gasteiger partial charge in [0.2, 0.25) is 5.91 Å². The molecular formula is C16H24N2O3. The molecule has 1 aliphatic rings. The molecule has 2 rings (SSSR count). The lowest BCUT2D eigenvalue weighted by atomic mass is 9.99. The molecule has 0 spiro atoms. The number of likely N-dealkylation sites (tertiary alicyclic amines) is 1. The van der Waals surface area contributed by atoms with E-state index in [0.717, 1.165) is 37.4 Å². The molecule has 1 atom stereocenters. The lowest BCUT2D eigenvalue weighted by Crippen LogP contribution is -2.41. The fourth-order valence-electron chi connectivity index (χ4n) is 2.65. The van der Waals surface area contributed by atoms with Gasteiger partial charge < -0.3 is 15.2 Å². The lowest BCUT2D eigenvalue weighted by Gasteiger charge is -2.31. The molecule has 1 aliphatic heterocycles. The molecule has 1 amide bonds. The van der Waals surface area contributed by atoms with E-state index in [1.165, 1.54) is 0 Å². The summed E-state index contributed by atoms with van der Waals surface area (Å²) in [6, 6.07) is 7.38. The number of aliphatic hydroxyl groups is 1. The Labute approximate surface area is 125 Å². The van der Waals surface area contributed by atoms with Crippen molar-refractivity contribution in [3.8, 4) is 5.75 Å². The first-order chi connectivity index (χ1) is 10.2. The van der Waals surface area contributed by atoms with E-state index in [-0.39, 0.29) is 12.5 Å². The zero-order chi connectivity index (χ0) is 15.1. The van der Waals surface area contributed by atoms with Gasteiger partial charge in [-0.05, 0) is 56.5 Å². The number of rotatable bonds is 6. The molecule has 116 valence electrons. The summed E-state index contributed by atoms with van der Waals surface area (Å²) in [5.41, 5.74) is 0.777. The predicted octanol–water partition coefficient (Wildman–Crippen LogP) is 1.73. The van der Waals surface area contributed by atoms with Gasteiger partial charge in [-0.15, -0.1) is 0 Å². The van der Waals surface area contributed by atoms with Crippen LogP contribution in [0.1, 0.15) is 19.8 Å². The van der Waals surface area contributed by atoms with Crippen molar-refractivity contribution in [1.29, 1.82) is 0 Å². The summed E-state index contributed by atoms with van der Waals surface area (Å²) in [6.07, 6.45) is 2.09. The fraction of sp³-hybridized carbons (Fsp3) is 0.562. The Hall–Kier alpha value is -1.59. The highest BCUT2D eigenvalue weighted by Gasteiger charge is 2.20. The number of nitrogens with one attached hydrogen (secondary N) is 1. The number of aliphatic hydroxyl groups excluding tert-OH is 1. The minimum Gasteiger partial charge on any atom is -0.494 e. The lowest BCUT2D eigenvalue weighted by molar-refractivity contribution is -0.117. The van der Waals surface area contributed by atoms with Crippen molar-refractivity contribution in [3.05, 3.63) is 24.3 Å². The number of nitrogens with zero attached hydrogens (tertiary/aromatic N) is 1. The maximum atomic E-state index is 12.0. The Kier molecular flexibility index (Phi) is 6.02. The highest BCUT2D eigenvalue weighted by molar-refractivity contribution is 5.92. The zero-order valence-electron chi connectivity index (χ0n) is 12.5. The van der Waals surface area contributed by atoms with Gasteiger partial charge in [0.15, 0.2) is 0 Å². The normalized spacial score (nSPS) is 19.2. The Morgan fingerprint density at radius 2 is 2.19 bits per heavy atom. The Bertz CT molecular complexity index is 447. The van der Waals surface area contributed by atoms with E-state index in [2.05, 4.69) is 10.2 Å². The van der Waals surface area contributed by atoms with Crippen molar-refractivity contribution < 1.29 is 14.6 Å². The molecule has 0 radical (unpaired) electrons. The van der Waals surface area contributed by atoms with Gasteiger partial charge in [-0.3, -0.25) is 9.69 Å². The average Bonchev–Trinajstić information content (AvgIpc) is 2.49. The molecule has 5 heteroatoms. The fourth-order valence-corrected chi connectivity index (χ4v) is 2.65.